The number of ether oxygens (including phenoxy) is 1. The minimum Gasteiger partial charge on any atom is -0.377 e. The van der Waals surface area contributed by atoms with Gasteiger partial charge in [0.1, 0.15) is 0 Å². The minimum absolute atomic E-state index is 0.0665. The molecule has 0 aromatic carbocycles. The lowest BCUT2D eigenvalue weighted by atomic mass is 9.77. The first-order chi connectivity index (χ1) is 8.45. The van der Waals surface area contributed by atoms with Crippen LogP contribution in [0.4, 0.5) is 0 Å². The summed E-state index contributed by atoms with van der Waals surface area (Å²) in [5, 5.41) is 3.72. The highest BCUT2D eigenvalue weighted by molar-refractivity contribution is 4.93. The van der Waals surface area contributed by atoms with Gasteiger partial charge in [0.05, 0.1) is 5.60 Å². The van der Waals surface area contributed by atoms with E-state index in [9.17, 15) is 0 Å². The third-order valence-electron chi connectivity index (χ3n) is 5.00. The molecular formula is C15H30N2O. The number of hydrogen-bond donors (Lipinski definition) is 1. The van der Waals surface area contributed by atoms with Crippen LogP contribution in [0, 0.1) is 5.41 Å². The fraction of sp³-hybridized carbons (Fsp3) is 1.00. The summed E-state index contributed by atoms with van der Waals surface area (Å²) in [5.41, 5.74) is 0.496. The zero-order valence-corrected chi connectivity index (χ0v) is 12.6. The van der Waals surface area contributed by atoms with Gasteiger partial charge in [-0.3, -0.25) is 4.90 Å². The summed E-state index contributed by atoms with van der Waals surface area (Å²) in [6, 6.07) is 0.630. The maximum Gasteiger partial charge on any atom is 0.0777 e. The molecule has 1 N–H and O–H groups in total. The van der Waals surface area contributed by atoms with Crippen molar-refractivity contribution in [2.24, 2.45) is 5.41 Å². The van der Waals surface area contributed by atoms with Crippen molar-refractivity contribution in [3.8, 4) is 0 Å². The van der Waals surface area contributed by atoms with Crippen molar-refractivity contribution in [2.45, 2.75) is 58.1 Å². The van der Waals surface area contributed by atoms with Crippen molar-refractivity contribution >= 4 is 0 Å². The standard InChI is InChI=1S/C15H30N2O/c1-14(2)7-5-9-16-13(14)11-17-10-6-8-15(3,12-17)18-4/h13,16H,5-12H2,1-4H3. The second-order valence-electron chi connectivity index (χ2n) is 7.09. The molecule has 0 aromatic rings. The quantitative estimate of drug-likeness (QED) is 0.836. The predicted octanol–water partition coefficient (Wildman–Crippen LogP) is 2.27. The topological polar surface area (TPSA) is 24.5 Å². The molecule has 2 heterocycles. The summed E-state index contributed by atoms with van der Waals surface area (Å²) < 4.78 is 5.69. The summed E-state index contributed by atoms with van der Waals surface area (Å²) in [4.78, 5) is 2.59. The van der Waals surface area contributed by atoms with Crippen molar-refractivity contribution in [1.82, 2.24) is 10.2 Å². The Balaban J connectivity index is 1.92. The lowest BCUT2D eigenvalue weighted by Crippen LogP contribution is -2.56. The number of methoxy groups -OCH3 is 1. The molecule has 2 aliphatic rings. The molecule has 0 bridgehead atoms. The highest BCUT2D eigenvalue weighted by Crippen LogP contribution is 2.32. The highest BCUT2D eigenvalue weighted by Gasteiger charge is 2.36. The summed E-state index contributed by atoms with van der Waals surface area (Å²) in [6.07, 6.45) is 5.12. The predicted molar refractivity (Wildman–Crippen MR) is 75.9 cm³/mol. The zero-order valence-electron chi connectivity index (χ0n) is 12.6. The third-order valence-corrected chi connectivity index (χ3v) is 5.00. The third kappa shape index (κ3) is 3.25. The first-order valence-corrected chi connectivity index (χ1v) is 7.46. The van der Waals surface area contributed by atoms with Crippen LogP contribution in [0.25, 0.3) is 0 Å². The van der Waals surface area contributed by atoms with Gasteiger partial charge >= 0.3 is 0 Å². The molecule has 2 atom stereocenters. The molecule has 2 unspecified atom stereocenters. The van der Waals surface area contributed by atoms with Crippen LogP contribution in [-0.4, -0.2) is 49.8 Å². The van der Waals surface area contributed by atoms with E-state index in [1.807, 2.05) is 7.11 Å². The first-order valence-electron chi connectivity index (χ1n) is 7.46. The van der Waals surface area contributed by atoms with Gasteiger partial charge < -0.3 is 10.1 Å². The van der Waals surface area contributed by atoms with Crippen LogP contribution < -0.4 is 5.32 Å². The Morgan fingerprint density at radius 2 is 2.00 bits per heavy atom. The summed E-state index contributed by atoms with van der Waals surface area (Å²) in [6.45, 7) is 11.7. The van der Waals surface area contributed by atoms with E-state index in [0.717, 1.165) is 6.54 Å². The molecule has 2 saturated heterocycles. The van der Waals surface area contributed by atoms with Gasteiger partial charge in [0.15, 0.2) is 0 Å². The normalized spacial score (nSPS) is 37.7. The summed E-state index contributed by atoms with van der Waals surface area (Å²) >= 11 is 0. The maximum atomic E-state index is 5.69. The first kappa shape index (κ1) is 14.3. The molecule has 0 amide bonds. The molecule has 2 rings (SSSR count). The van der Waals surface area contributed by atoms with Crippen LogP contribution in [0.1, 0.15) is 46.5 Å². The van der Waals surface area contributed by atoms with Gasteiger partial charge in [0.25, 0.3) is 0 Å². The molecule has 106 valence electrons. The van der Waals surface area contributed by atoms with Gasteiger partial charge in [-0.1, -0.05) is 13.8 Å². The minimum atomic E-state index is 0.0665. The van der Waals surface area contributed by atoms with E-state index >= 15 is 0 Å². The van der Waals surface area contributed by atoms with Crippen LogP contribution in [-0.2, 0) is 4.74 Å². The summed E-state index contributed by atoms with van der Waals surface area (Å²) in [7, 11) is 1.85. The number of piperidine rings is 2. The Bertz CT molecular complexity index is 280. The molecule has 0 aromatic heterocycles. The molecule has 0 aliphatic carbocycles. The average molecular weight is 254 g/mol. The Kier molecular flexibility index (Phi) is 4.35. The van der Waals surface area contributed by atoms with Gasteiger partial charge in [-0.2, -0.15) is 0 Å². The second-order valence-corrected chi connectivity index (χ2v) is 7.09. The molecule has 2 aliphatic heterocycles. The van der Waals surface area contributed by atoms with E-state index in [4.69, 9.17) is 4.74 Å². The van der Waals surface area contributed by atoms with Crippen molar-refractivity contribution in [3.63, 3.8) is 0 Å². The van der Waals surface area contributed by atoms with Crippen LogP contribution in [0.15, 0.2) is 0 Å². The van der Waals surface area contributed by atoms with Crippen LogP contribution >= 0.6 is 0 Å². The fourth-order valence-corrected chi connectivity index (χ4v) is 3.47. The van der Waals surface area contributed by atoms with Crippen molar-refractivity contribution in [1.29, 1.82) is 0 Å². The van der Waals surface area contributed by atoms with Gasteiger partial charge in [-0.25, -0.2) is 0 Å². The summed E-state index contributed by atoms with van der Waals surface area (Å²) in [5.74, 6) is 0. The van der Waals surface area contributed by atoms with E-state index in [-0.39, 0.29) is 5.60 Å². The Hall–Kier alpha value is -0.120. The van der Waals surface area contributed by atoms with Crippen molar-refractivity contribution in [3.05, 3.63) is 0 Å². The molecule has 0 saturated carbocycles. The Morgan fingerprint density at radius 1 is 1.22 bits per heavy atom. The monoisotopic (exact) mass is 254 g/mol. The lowest BCUT2D eigenvalue weighted by Gasteiger charge is -2.45. The zero-order chi connectivity index (χ0) is 13.2. The van der Waals surface area contributed by atoms with E-state index in [1.165, 1.54) is 45.3 Å². The van der Waals surface area contributed by atoms with E-state index < -0.39 is 0 Å². The van der Waals surface area contributed by atoms with Crippen molar-refractivity contribution in [2.75, 3.05) is 33.3 Å². The molecular weight excluding hydrogens is 224 g/mol. The SMILES string of the molecule is COC1(C)CCCN(CC2NCCCC2(C)C)C1. The average Bonchev–Trinajstić information content (AvgIpc) is 2.32. The van der Waals surface area contributed by atoms with Gasteiger partial charge in [-0.05, 0) is 51.1 Å². The number of rotatable bonds is 3. The van der Waals surface area contributed by atoms with Gasteiger partial charge in [-0.15, -0.1) is 0 Å². The molecule has 0 spiro atoms. The molecule has 3 nitrogen and oxygen atoms in total. The number of hydrogen-bond acceptors (Lipinski definition) is 3. The Morgan fingerprint density at radius 3 is 2.67 bits per heavy atom. The molecule has 2 fully saturated rings. The van der Waals surface area contributed by atoms with E-state index in [1.54, 1.807) is 0 Å². The van der Waals surface area contributed by atoms with E-state index in [2.05, 4.69) is 31.0 Å². The van der Waals surface area contributed by atoms with Crippen LogP contribution in [0.2, 0.25) is 0 Å². The maximum absolute atomic E-state index is 5.69. The van der Waals surface area contributed by atoms with Crippen molar-refractivity contribution < 1.29 is 4.74 Å². The van der Waals surface area contributed by atoms with E-state index in [0.29, 0.717) is 11.5 Å². The van der Waals surface area contributed by atoms with Gasteiger partial charge in [0.2, 0.25) is 0 Å². The number of likely N-dealkylation sites (tertiary alicyclic amines) is 1. The van der Waals surface area contributed by atoms with Crippen LogP contribution in [0.3, 0.4) is 0 Å². The molecule has 18 heavy (non-hydrogen) atoms. The number of nitrogens with one attached hydrogen (secondary N) is 1. The molecule has 3 heteroatoms. The highest BCUT2D eigenvalue weighted by atomic mass is 16.5. The Labute approximate surface area is 112 Å². The van der Waals surface area contributed by atoms with Crippen LogP contribution in [0.5, 0.6) is 0 Å². The number of nitrogens with zero attached hydrogens (tertiary/aromatic N) is 1. The van der Waals surface area contributed by atoms with Gasteiger partial charge in [0, 0.05) is 26.2 Å². The smallest absolute Gasteiger partial charge is 0.0777 e. The molecule has 0 radical (unpaired) electrons. The largest absolute Gasteiger partial charge is 0.377 e. The second kappa shape index (κ2) is 5.48. The fourth-order valence-electron chi connectivity index (χ4n) is 3.47. The lowest BCUT2D eigenvalue weighted by molar-refractivity contribution is -0.0561.